The summed E-state index contributed by atoms with van der Waals surface area (Å²) in [5.74, 6) is -0.453. The van der Waals surface area contributed by atoms with E-state index in [-0.39, 0.29) is 17.9 Å². The number of methoxy groups -OCH3 is 1. The zero-order valence-electron chi connectivity index (χ0n) is 16.9. The smallest absolute Gasteiger partial charge is 0.230 e. The first-order chi connectivity index (χ1) is 14.5. The lowest BCUT2D eigenvalue weighted by Crippen LogP contribution is -2.44. The zero-order valence-corrected chi connectivity index (χ0v) is 16.9. The van der Waals surface area contributed by atoms with Gasteiger partial charge in [0.25, 0.3) is 0 Å². The van der Waals surface area contributed by atoms with Crippen molar-refractivity contribution in [2.75, 3.05) is 20.7 Å². The monoisotopic (exact) mass is 409 g/mol. The Kier molecular flexibility index (Phi) is 4.39. The van der Waals surface area contributed by atoms with Crippen LogP contribution in [0.3, 0.4) is 0 Å². The topological polar surface area (TPSA) is 85.1 Å². The molecule has 1 aromatic carbocycles. The van der Waals surface area contributed by atoms with Crippen molar-refractivity contribution in [3.8, 4) is 5.75 Å². The summed E-state index contributed by atoms with van der Waals surface area (Å²) in [4.78, 5) is 30.0. The number of benzene rings is 1. The number of ether oxygens (including phenoxy) is 2. The molecule has 0 aliphatic carbocycles. The van der Waals surface area contributed by atoms with Crippen LogP contribution in [-0.2, 0) is 27.4 Å². The first-order valence-electron chi connectivity index (χ1n) is 9.94. The molecule has 156 valence electrons. The lowest BCUT2D eigenvalue weighted by atomic mass is 9.76. The summed E-state index contributed by atoms with van der Waals surface area (Å²) < 4.78 is 16.3. The lowest BCUT2D eigenvalue weighted by Gasteiger charge is -2.27. The second-order valence-corrected chi connectivity index (χ2v) is 8.13. The van der Waals surface area contributed by atoms with E-state index in [1.54, 1.807) is 30.0 Å². The van der Waals surface area contributed by atoms with Crippen molar-refractivity contribution < 1.29 is 23.6 Å². The van der Waals surface area contributed by atoms with Crippen LogP contribution in [0.2, 0.25) is 0 Å². The van der Waals surface area contributed by atoms with Crippen molar-refractivity contribution in [1.29, 1.82) is 0 Å². The van der Waals surface area contributed by atoms with E-state index in [1.165, 1.54) is 6.26 Å². The lowest BCUT2D eigenvalue weighted by molar-refractivity contribution is -0.143. The molecule has 30 heavy (non-hydrogen) atoms. The van der Waals surface area contributed by atoms with Gasteiger partial charge in [-0.2, -0.15) is 0 Å². The third kappa shape index (κ3) is 2.90. The van der Waals surface area contributed by atoms with Crippen LogP contribution in [0.1, 0.15) is 11.3 Å². The van der Waals surface area contributed by atoms with E-state index < -0.39 is 17.4 Å². The molecule has 2 fully saturated rings. The van der Waals surface area contributed by atoms with Gasteiger partial charge in [-0.15, -0.1) is 0 Å². The molecule has 2 aromatic rings. The number of likely N-dealkylation sites (tertiary alicyclic amines) is 1. The molecule has 8 nitrogen and oxygen atoms in total. The highest BCUT2D eigenvalue weighted by Gasteiger charge is 2.67. The average molecular weight is 409 g/mol. The summed E-state index contributed by atoms with van der Waals surface area (Å²) in [5, 5.41) is 3.87. The van der Waals surface area contributed by atoms with Crippen LogP contribution in [-0.4, -0.2) is 59.2 Å². The van der Waals surface area contributed by atoms with Gasteiger partial charge in [0.15, 0.2) is 0 Å². The molecule has 2 saturated heterocycles. The standard InChI is InChI=1S/C22H23N3O5/c1-24(12-15-7-9-29-23-15)20(26)18-17-6-8-22(30-17)13-25(21(27)19(18)22)11-14-4-3-5-16(10-14)28-2/h3-10,17-19H,11-13H2,1-2H3/t17-,18-,19-,22-/m0/s1. The van der Waals surface area contributed by atoms with Gasteiger partial charge in [-0.05, 0) is 17.7 Å². The van der Waals surface area contributed by atoms with Crippen molar-refractivity contribution in [3.05, 3.63) is 60.0 Å². The van der Waals surface area contributed by atoms with Crippen molar-refractivity contribution in [1.82, 2.24) is 15.0 Å². The van der Waals surface area contributed by atoms with E-state index in [2.05, 4.69) is 5.16 Å². The van der Waals surface area contributed by atoms with E-state index in [0.29, 0.717) is 25.3 Å². The van der Waals surface area contributed by atoms with Gasteiger partial charge in [-0.25, -0.2) is 0 Å². The molecule has 3 aliphatic heterocycles. The minimum Gasteiger partial charge on any atom is -0.497 e. The number of carbonyl (C=O) groups excluding carboxylic acids is 2. The molecule has 5 rings (SSSR count). The predicted octanol–water partition coefficient (Wildman–Crippen LogP) is 1.62. The Morgan fingerprint density at radius 1 is 1.40 bits per heavy atom. The largest absolute Gasteiger partial charge is 0.497 e. The van der Waals surface area contributed by atoms with E-state index >= 15 is 0 Å². The van der Waals surface area contributed by atoms with Crippen LogP contribution in [0.4, 0.5) is 0 Å². The van der Waals surface area contributed by atoms with E-state index in [1.807, 2.05) is 36.4 Å². The Hall–Kier alpha value is -3.13. The minimum absolute atomic E-state index is 0.0437. The number of aromatic nitrogens is 1. The SMILES string of the molecule is COc1cccc(CN2C[C@]34C=C[C@H](O3)[C@H](C(=O)N(C)Cc3ccon3)[C@H]4C2=O)c1. The molecule has 2 bridgehead atoms. The number of hydrogen-bond acceptors (Lipinski definition) is 6. The summed E-state index contributed by atoms with van der Waals surface area (Å²) >= 11 is 0. The average Bonchev–Trinajstić information content (AvgIpc) is 3.51. The highest BCUT2D eigenvalue weighted by molar-refractivity contribution is 5.93. The maximum absolute atomic E-state index is 13.4. The van der Waals surface area contributed by atoms with E-state index in [0.717, 1.165) is 11.3 Å². The Balaban J connectivity index is 1.36. The van der Waals surface area contributed by atoms with Crippen LogP contribution in [0.5, 0.6) is 5.75 Å². The van der Waals surface area contributed by atoms with E-state index in [9.17, 15) is 9.59 Å². The van der Waals surface area contributed by atoms with Crippen LogP contribution in [0.25, 0.3) is 0 Å². The molecule has 0 saturated carbocycles. The van der Waals surface area contributed by atoms with Gasteiger partial charge in [-0.3, -0.25) is 9.59 Å². The maximum Gasteiger partial charge on any atom is 0.230 e. The second kappa shape index (κ2) is 6.98. The van der Waals surface area contributed by atoms with Crippen molar-refractivity contribution >= 4 is 11.8 Å². The summed E-state index contributed by atoms with van der Waals surface area (Å²) in [7, 11) is 3.33. The van der Waals surface area contributed by atoms with Gasteiger partial charge in [0.2, 0.25) is 11.8 Å². The van der Waals surface area contributed by atoms with Crippen LogP contribution in [0.15, 0.2) is 53.3 Å². The third-order valence-corrected chi connectivity index (χ3v) is 6.24. The number of amides is 2. The molecule has 0 unspecified atom stereocenters. The maximum atomic E-state index is 13.4. The molecule has 8 heteroatoms. The van der Waals surface area contributed by atoms with Crippen molar-refractivity contribution in [3.63, 3.8) is 0 Å². The van der Waals surface area contributed by atoms with Crippen LogP contribution in [0, 0.1) is 11.8 Å². The van der Waals surface area contributed by atoms with Crippen molar-refractivity contribution in [2.45, 2.75) is 24.8 Å². The Bertz CT molecular complexity index is 1000. The fraction of sp³-hybridized carbons (Fsp3) is 0.409. The Morgan fingerprint density at radius 2 is 2.27 bits per heavy atom. The predicted molar refractivity (Wildman–Crippen MR) is 105 cm³/mol. The van der Waals surface area contributed by atoms with Gasteiger partial charge < -0.3 is 23.8 Å². The molecular formula is C22H23N3O5. The molecule has 0 N–H and O–H groups in total. The molecule has 2 amide bonds. The first-order valence-corrected chi connectivity index (χ1v) is 9.94. The minimum atomic E-state index is -0.727. The highest BCUT2D eigenvalue weighted by Crippen LogP contribution is 2.52. The highest BCUT2D eigenvalue weighted by atomic mass is 16.5. The Morgan fingerprint density at radius 3 is 3.03 bits per heavy atom. The quantitative estimate of drug-likeness (QED) is 0.674. The molecule has 4 heterocycles. The summed E-state index contributed by atoms with van der Waals surface area (Å²) in [6.07, 6.45) is 4.99. The third-order valence-electron chi connectivity index (χ3n) is 6.24. The summed E-state index contributed by atoms with van der Waals surface area (Å²) in [6.45, 7) is 1.22. The number of carbonyl (C=O) groups is 2. The van der Waals surface area contributed by atoms with Crippen LogP contribution >= 0.6 is 0 Å². The fourth-order valence-electron chi connectivity index (χ4n) is 4.88. The second-order valence-electron chi connectivity index (χ2n) is 8.13. The molecule has 1 aromatic heterocycles. The van der Waals surface area contributed by atoms with Gasteiger partial charge in [-0.1, -0.05) is 29.4 Å². The van der Waals surface area contributed by atoms with E-state index in [4.69, 9.17) is 14.0 Å². The summed E-state index contributed by atoms with van der Waals surface area (Å²) in [6, 6.07) is 9.38. The van der Waals surface area contributed by atoms with Gasteiger partial charge in [0.1, 0.15) is 23.3 Å². The van der Waals surface area contributed by atoms with Gasteiger partial charge >= 0.3 is 0 Å². The van der Waals surface area contributed by atoms with Gasteiger partial charge in [0, 0.05) is 19.7 Å². The van der Waals surface area contributed by atoms with Gasteiger partial charge in [0.05, 0.1) is 38.1 Å². The summed E-state index contributed by atoms with van der Waals surface area (Å²) in [5.41, 5.74) is 0.913. The normalized spacial score (nSPS) is 28.8. The molecule has 1 spiro atoms. The van der Waals surface area contributed by atoms with Crippen molar-refractivity contribution in [2.24, 2.45) is 11.8 Å². The molecule has 3 aliphatic rings. The fourth-order valence-corrected chi connectivity index (χ4v) is 4.88. The first kappa shape index (κ1) is 18.9. The number of fused-ring (bicyclic) bond motifs is 1. The molecule has 0 radical (unpaired) electrons. The number of nitrogens with zero attached hydrogens (tertiary/aromatic N) is 3. The zero-order chi connectivity index (χ0) is 20.9. The molecular weight excluding hydrogens is 386 g/mol. The molecule has 4 atom stereocenters. The number of hydrogen-bond donors (Lipinski definition) is 0. The number of rotatable bonds is 6. The van der Waals surface area contributed by atoms with Crippen LogP contribution < -0.4 is 4.74 Å². The Labute approximate surface area is 174 Å².